The van der Waals surface area contributed by atoms with Gasteiger partial charge in [-0.25, -0.2) is 9.97 Å². The molecule has 1 fully saturated rings. The molecule has 26 heavy (non-hydrogen) atoms. The van der Waals surface area contributed by atoms with Gasteiger partial charge < -0.3 is 10.2 Å². The Morgan fingerprint density at radius 3 is 2.54 bits per heavy atom. The van der Waals surface area contributed by atoms with Crippen LogP contribution in [0.3, 0.4) is 0 Å². The van der Waals surface area contributed by atoms with E-state index >= 15 is 0 Å². The van der Waals surface area contributed by atoms with Crippen LogP contribution < -0.4 is 10.2 Å². The van der Waals surface area contributed by atoms with Gasteiger partial charge in [-0.15, -0.1) is 0 Å². The fourth-order valence-corrected chi connectivity index (χ4v) is 3.21. The van der Waals surface area contributed by atoms with Crippen LogP contribution in [0, 0.1) is 0 Å². The Kier molecular flexibility index (Phi) is 5.78. The third-order valence-electron chi connectivity index (χ3n) is 4.57. The first kappa shape index (κ1) is 18.3. The molecule has 7 heteroatoms. The van der Waals surface area contributed by atoms with Gasteiger partial charge in [0.05, 0.1) is 11.7 Å². The second-order valence-corrected chi connectivity index (χ2v) is 6.92. The Bertz CT molecular complexity index is 729. The molecule has 0 bridgehead atoms. The van der Waals surface area contributed by atoms with Crippen molar-refractivity contribution in [3.05, 3.63) is 47.5 Å². The van der Waals surface area contributed by atoms with Crippen molar-refractivity contribution in [3.63, 3.8) is 0 Å². The summed E-state index contributed by atoms with van der Waals surface area (Å²) in [6.07, 6.45) is 7.94. The molecule has 1 N–H and O–H groups in total. The van der Waals surface area contributed by atoms with Crippen LogP contribution in [0.1, 0.15) is 42.6 Å². The summed E-state index contributed by atoms with van der Waals surface area (Å²) in [6.45, 7) is 3.92. The van der Waals surface area contributed by atoms with E-state index in [-0.39, 0.29) is 5.91 Å². The monoisotopic (exact) mass is 354 g/mol. The molecule has 138 valence electrons. The van der Waals surface area contributed by atoms with Gasteiger partial charge >= 0.3 is 0 Å². The van der Waals surface area contributed by atoms with Gasteiger partial charge in [-0.05, 0) is 31.0 Å². The molecule has 7 nitrogen and oxygen atoms in total. The Labute approximate surface area is 154 Å². The van der Waals surface area contributed by atoms with E-state index in [1.54, 1.807) is 0 Å². The molecule has 0 aliphatic carbocycles. The number of likely N-dealkylation sites (tertiary alicyclic amines) is 1. The topological polar surface area (TPSA) is 74.2 Å². The van der Waals surface area contributed by atoms with E-state index in [0.29, 0.717) is 12.6 Å². The maximum Gasteiger partial charge on any atom is 0.224 e. The van der Waals surface area contributed by atoms with Gasteiger partial charge in [0.1, 0.15) is 0 Å². The molecule has 1 amide bonds. The zero-order valence-electron chi connectivity index (χ0n) is 15.6. The van der Waals surface area contributed by atoms with Gasteiger partial charge in [-0.1, -0.05) is 6.07 Å². The van der Waals surface area contributed by atoms with Crippen molar-refractivity contribution in [2.45, 2.75) is 38.9 Å². The largest absolute Gasteiger partial charge is 0.352 e. The fraction of sp³-hybridized carbons (Fsp3) is 0.474. The molecule has 0 spiro atoms. The fourth-order valence-electron chi connectivity index (χ4n) is 3.21. The van der Waals surface area contributed by atoms with Gasteiger partial charge in [0.15, 0.2) is 0 Å². The molecule has 1 atom stereocenters. The van der Waals surface area contributed by atoms with Crippen LogP contribution in [-0.4, -0.2) is 46.4 Å². The predicted octanol–water partition coefficient (Wildman–Crippen LogP) is 1.91. The molecule has 2 aromatic rings. The summed E-state index contributed by atoms with van der Waals surface area (Å²) in [4.78, 5) is 28.8. The zero-order valence-corrected chi connectivity index (χ0v) is 15.6. The number of anilines is 1. The molecule has 1 aliphatic rings. The highest BCUT2D eigenvalue weighted by Crippen LogP contribution is 2.32. The van der Waals surface area contributed by atoms with Crippen molar-refractivity contribution >= 4 is 11.9 Å². The minimum Gasteiger partial charge on any atom is -0.352 e. The molecule has 0 aromatic carbocycles. The summed E-state index contributed by atoms with van der Waals surface area (Å²) >= 11 is 0. The van der Waals surface area contributed by atoms with E-state index in [1.807, 2.05) is 43.7 Å². The third-order valence-corrected chi connectivity index (χ3v) is 4.57. The van der Waals surface area contributed by atoms with Crippen molar-refractivity contribution in [3.8, 4) is 0 Å². The minimum atomic E-state index is -0.0291. The van der Waals surface area contributed by atoms with Crippen molar-refractivity contribution < 1.29 is 4.79 Å². The summed E-state index contributed by atoms with van der Waals surface area (Å²) < 4.78 is 0. The number of hydrogen-bond acceptors (Lipinski definition) is 6. The number of nitrogens with zero attached hydrogens (tertiary/aromatic N) is 5. The van der Waals surface area contributed by atoms with E-state index in [1.165, 1.54) is 6.92 Å². The first-order valence-corrected chi connectivity index (χ1v) is 8.94. The summed E-state index contributed by atoms with van der Waals surface area (Å²) in [7, 11) is 3.87. The highest BCUT2D eigenvalue weighted by atomic mass is 16.1. The average Bonchev–Trinajstić information content (AvgIpc) is 3.09. The molecule has 0 unspecified atom stereocenters. The normalized spacial score (nSPS) is 17.3. The lowest BCUT2D eigenvalue weighted by molar-refractivity contribution is -0.119. The summed E-state index contributed by atoms with van der Waals surface area (Å²) in [5.74, 6) is 0.696. The summed E-state index contributed by atoms with van der Waals surface area (Å²) in [5.41, 5.74) is 3.21. The lowest BCUT2D eigenvalue weighted by Crippen LogP contribution is -2.24. The average molecular weight is 354 g/mol. The van der Waals surface area contributed by atoms with Crippen molar-refractivity contribution in [1.29, 1.82) is 0 Å². The lowest BCUT2D eigenvalue weighted by atomic mass is 10.1. The zero-order chi connectivity index (χ0) is 18.5. The lowest BCUT2D eigenvalue weighted by Gasteiger charge is -2.24. The molecule has 0 saturated carbocycles. The van der Waals surface area contributed by atoms with Crippen LogP contribution in [-0.2, 0) is 17.9 Å². The second-order valence-electron chi connectivity index (χ2n) is 6.92. The minimum absolute atomic E-state index is 0.0291. The molecule has 2 aromatic heterocycles. The Morgan fingerprint density at radius 2 is 1.92 bits per heavy atom. The quantitative estimate of drug-likeness (QED) is 0.854. The van der Waals surface area contributed by atoms with Crippen LogP contribution >= 0.6 is 0 Å². The molecule has 1 saturated heterocycles. The van der Waals surface area contributed by atoms with Crippen molar-refractivity contribution in [2.75, 3.05) is 25.5 Å². The highest BCUT2D eigenvalue weighted by Gasteiger charge is 2.27. The molecule has 0 radical (unpaired) electrons. The van der Waals surface area contributed by atoms with Gasteiger partial charge in [-0.2, -0.15) is 0 Å². The second kappa shape index (κ2) is 8.23. The standard InChI is InChI=1S/C19H26N6O/c1-14(26)20-9-15-6-7-17(21-10-15)18-5-4-8-25(18)13-16-11-22-19(23-12-16)24(2)3/h6-7,10-12,18H,4-5,8-9,13H2,1-3H3,(H,20,26)/t18-/m0/s1. The van der Waals surface area contributed by atoms with E-state index in [9.17, 15) is 4.79 Å². The highest BCUT2D eigenvalue weighted by molar-refractivity contribution is 5.72. The molecule has 1 aliphatic heterocycles. The van der Waals surface area contributed by atoms with Crippen LogP contribution in [0.4, 0.5) is 5.95 Å². The van der Waals surface area contributed by atoms with Crippen LogP contribution in [0.15, 0.2) is 30.7 Å². The Balaban J connectivity index is 1.65. The summed E-state index contributed by atoms with van der Waals surface area (Å²) in [5, 5.41) is 2.80. The van der Waals surface area contributed by atoms with Gasteiger partial charge in [0.2, 0.25) is 11.9 Å². The number of amides is 1. The summed E-state index contributed by atoms with van der Waals surface area (Å²) in [6, 6.07) is 4.44. The number of pyridine rings is 1. The molecular weight excluding hydrogens is 328 g/mol. The van der Waals surface area contributed by atoms with Gasteiger partial charge in [-0.3, -0.25) is 14.7 Å². The van der Waals surface area contributed by atoms with Crippen molar-refractivity contribution in [1.82, 2.24) is 25.2 Å². The van der Waals surface area contributed by atoms with Crippen LogP contribution in [0.25, 0.3) is 0 Å². The van der Waals surface area contributed by atoms with E-state index in [2.05, 4.69) is 31.2 Å². The van der Waals surface area contributed by atoms with Crippen LogP contribution in [0.5, 0.6) is 0 Å². The number of nitrogens with one attached hydrogen (secondary N) is 1. The van der Waals surface area contributed by atoms with E-state index in [4.69, 9.17) is 0 Å². The number of rotatable bonds is 6. The number of hydrogen-bond donors (Lipinski definition) is 1. The number of carbonyl (C=O) groups excluding carboxylic acids is 1. The number of carbonyl (C=O) groups is 1. The van der Waals surface area contributed by atoms with Crippen LogP contribution in [0.2, 0.25) is 0 Å². The Hall–Kier alpha value is -2.54. The SMILES string of the molecule is CC(=O)NCc1ccc([C@@H]2CCCN2Cc2cnc(N(C)C)nc2)nc1. The van der Waals surface area contributed by atoms with Gasteiger partial charge in [0, 0.05) is 58.3 Å². The number of aromatic nitrogens is 3. The van der Waals surface area contributed by atoms with Crippen molar-refractivity contribution in [2.24, 2.45) is 0 Å². The third kappa shape index (κ3) is 4.54. The first-order chi connectivity index (χ1) is 12.5. The first-order valence-electron chi connectivity index (χ1n) is 8.94. The molecule has 3 heterocycles. The Morgan fingerprint density at radius 1 is 1.19 bits per heavy atom. The molecular formula is C19H26N6O. The predicted molar refractivity (Wildman–Crippen MR) is 101 cm³/mol. The maximum atomic E-state index is 11.0. The van der Waals surface area contributed by atoms with E-state index < -0.39 is 0 Å². The molecule has 3 rings (SSSR count). The smallest absolute Gasteiger partial charge is 0.224 e. The maximum absolute atomic E-state index is 11.0. The van der Waals surface area contributed by atoms with Gasteiger partial charge in [0.25, 0.3) is 0 Å². The van der Waals surface area contributed by atoms with E-state index in [0.717, 1.165) is 48.7 Å².